The van der Waals surface area contributed by atoms with E-state index in [1.807, 2.05) is 24.4 Å². The Bertz CT molecular complexity index is 869. The maximum absolute atomic E-state index is 5.68. The van der Waals surface area contributed by atoms with Crippen molar-refractivity contribution in [2.75, 3.05) is 19.5 Å². The van der Waals surface area contributed by atoms with Crippen molar-refractivity contribution in [3.05, 3.63) is 35.1 Å². The number of nitrogens with zero attached hydrogens (tertiary/aromatic N) is 2. The molecule has 8 heteroatoms. The largest absolute Gasteiger partial charge is 0.497 e. The minimum atomic E-state index is 0.414. The fourth-order valence-corrected chi connectivity index (χ4v) is 3.31. The molecule has 1 aromatic carbocycles. The first-order valence-electron chi connectivity index (χ1n) is 7.22. The third kappa shape index (κ3) is 3.24. The Kier molecular flexibility index (Phi) is 5.03. The average molecular weight is 365 g/mol. The first-order valence-corrected chi connectivity index (χ1v) is 8.48. The van der Waals surface area contributed by atoms with Gasteiger partial charge >= 0.3 is 0 Å². The molecule has 2 N–H and O–H groups in total. The number of halogens is 1. The highest BCUT2D eigenvalue weighted by Crippen LogP contribution is 2.38. The number of fused-ring (bicyclic) bond motifs is 1. The number of aromatic nitrogens is 2. The highest BCUT2D eigenvalue weighted by Gasteiger charge is 2.15. The molecule has 126 valence electrons. The summed E-state index contributed by atoms with van der Waals surface area (Å²) < 4.78 is 10.9. The highest BCUT2D eigenvalue weighted by molar-refractivity contribution is 7.13. The Labute approximate surface area is 148 Å². The van der Waals surface area contributed by atoms with Gasteiger partial charge in [-0.15, -0.1) is 11.3 Å². The van der Waals surface area contributed by atoms with Gasteiger partial charge in [-0.1, -0.05) is 0 Å². The zero-order valence-electron chi connectivity index (χ0n) is 13.5. The summed E-state index contributed by atoms with van der Waals surface area (Å²) >= 11 is 7.22. The van der Waals surface area contributed by atoms with Crippen LogP contribution < -0.4 is 19.6 Å². The van der Waals surface area contributed by atoms with E-state index in [4.69, 9.17) is 21.3 Å². The molecule has 0 aliphatic heterocycles. The molecule has 24 heavy (non-hydrogen) atoms. The number of aryl methyl sites for hydroxylation is 1. The molecule has 2 heterocycles. The number of thiazole rings is 1. The number of hydrogen-bond donors (Lipinski definition) is 2. The SMILES string of the molecule is COc1cc(OC)c2c(CNCl)ncc(Nc3nc(C)cs3)c2c1. The Balaban J connectivity index is 2.20. The summed E-state index contributed by atoms with van der Waals surface area (Å²) in [5, 5.41) is 7.92. The fourth-order valence-electron chi connectivity index (χ4n) is 2.48. The summed E-state index contributed by atoms with van der Waals surface area (Å²) in [6.45, 7) is 2.37. The number of pyridine rings is 1. The maximum Gasteiger partial charge on any atom is 0.187 e. The quantitative estimate of drug-likeness (QED) is 0.644. The molecule has 0 aliphatic carbocycles. The van der Waals surface area contributed by atoms with Crippen LogP contribution in [0.1, 0.15) is 11.4 Å². The molecule has 0 bridgehead atoms. The molecule has 2 aromatic heterocycles. The van der Waals surface area contributed by atoms with E-state index in [9.17, 15) is 0 Å². The van der Waals surface area contributed by atoms with E-state index >= 15 is 0 Å². The number of methoxy groups -OCH3 is 2. The van der Waals surface area contributed by atoms with Gasteiger partial charge < -0.3 is 14.8 Å². The number of nitrogens with one attached hydrogen (secondary N) is 2. The molecular formula is C16H17ClN4O2S. The molecule has 0 radical (unpaired) electrons. The van der Waals surface area contributed by atoms with Gasteiger partial charge in [0.05, 0.1) is 44.0 Å². The van der Waals surface area contributed by atoms with E-state index in [2.05, 4.69) is 20.1 Å². The molecule has 0 fully saturated rings. The van der Waals surface area contributed by atoms with Crippen LogP contribution in [0.15, 0.2) is 23.7 Å². The van der Waals surface area contributed by atoms with Crippen molar-refractivity contribution in [1.29, 1.82) is 0 Å². The zero-order valence-corrected chi connectivity index (χ0v) is 15.1. The van der Waals surface area contributed by atoms with Crippen LogP contribution in [0.5, 0.6) is 11.5 Å². The number of benzene rings is 1. The van der Waals surface area contributed by atoms with E-state index in [0.29, 0.717) is 18.0 Å². The van der Waals surface area contributed by atoms with Gasteiger partial charge in [0.2, 0.25) is 0 Å². The summed E-state index contributed by atoms with van der Waals surface area (Å²) in [6.07, 6.45) is 1.77. The Morgan fingerprint density at radius 2 is 2.08 bits per heavy atom. The topological polar surface area (TPSA) is 68.3 Å². The third-order valence-corrected chi connectivity index (χ3v) is 4.56. The van der Waals surface area contributed by atoms with Crippen molar-refractivity contribution in [2.45, 2.75) is 13.5 Å². The van der Waals surface area contributed by atoms with Crippen molar-refractivity contribution in [3.8, 4) is 11.5 Å². The highest BCUT2D eigenvalue weighted by atomic mass is 35.5. The smallest absolute Gasteiger partial charge is 0.187 e. The average Bonchev–Trinajstić information content (AvgIpc) is 3.01. The Morgan fingerprint density at radius 1 is 1.25 bits per heavy atom. The van der Waals surface area contributed by atoms with Crippen molar-refractivity contribution < 1.29 is 9.47 Å². The predicted octanol–water partition coefficient (Wildman–Crippen LogP) is 4.00. The molecule has 0 spiro atoms. The van der Waals surface area contributed by atoms with Crippen LogP contribution >= 0.6 is 23.1 Å². The predicted molar refractivity (Wildman–Crippen MR) is 97.7 cm³/mol. The Morgan fingerprint density at radius 3 is 2.71 bits per heavy atom. The third-order valence-electron chi connectivity index (χ3n) is 3.55. The molecule has 0 amide bonds. The van der Waals surface area contributed by atoms with E-state index in [-0.39, 0.29) is 0 Å². The molecule has 6 nitrogen and oxygen atoms in total. The van der Waals surface area contributed by atoms with Gasteiger partial charge in [-0.25, -0.2) is 9.82 Å². The van der Waals surface area contributed by atoms with Crippen LogP contribution in [-0.2, 0) is 6.54 Å². The van der Waals surface area contributed by atoms with Crippen molar-refractivity contribution >= 4 is 44.7 Å². The summed E-state index contributed by atoms with van der Waals surface area (Å²) in [7, 11) is 3.25. The van der Waals surface area contributed by atoms with Crippen LogP contribution in [0, 0.1) is 6.92 Å². The molecule has 0 saturated heterocycles. The number of ether oxygens (including phenoxy) is 2. The lowest BCUT2D eigenvalue weighted by molar-refractivity contribution is 0.397. The van der Waals surface area contributed by atoms with E-state index in [1.54, 1.807) is 31.8 Å². The molecule has 0 unspecified atom stereocenters. The van der Waals surface area contributed by atoms with E-state index < -0.39 is 0 Å². The molecule has 0 atom stereocenters. The summed E-state index contributed by atoms with van der Waals surface area (Å²) in [5.74, 6) is 1.38. The second kappa shape index (κ2) is 7.21. The van der Waals surface area contributed by atoms with Crippen LogP contribution in [0.25, 0.3) is 10.8 Å². The Hall–Kier alpha value is -2.09. The van der Waals surface area contributed by atoms with Gasteiger partial charge in [-0.3, -0.25) is 4.98 Å². The fraction of sp³-hybridized carbons (Fsp3) is 0.250. The lowest BCUT2D eigenvalue weighted by atomic mass is 10.1. The molecule has 0 saturated carbocycles. The number of anilines is 2. The maximum atomic E-state index is 5.68. The molecule has 3 rings (SSSR count). The molecule has 3 aromatic rings. The molecular weight excluding hydrogens is 348 g/mol. The van der Waals surface area contributed by atoms with Gasteiger partial charge in [-0.05, 0) is 24.8 Å². The van der Waals surface area contributed by atoms with Crippen molar-refractivity contribution in [1.82, 2.24) is 14.8 Å². The second-order valence-corrected chi connectivity index (χ2v) is 6.23. The van der Waals surface area contributed by atoms with Gasteiger partial charge in [0.15, 0.2) is 5.13 Å². The van der Waals surface area contributed by atoms with Crippen molar-refractivity contribution in [3.63, 3.8) is 0 Å². The van der Waals surface area contributed by atoms with Gasteiger partial charge in [-0.2, -0.15) is 0 Å². The minimum absolute atomic E-state index is 0.414. The van der Waals surface area contributed by atoms with E-state index in [1.165, 1.54) is 0 Å². The van der Waals surface area contributed by atoms with Crippen molar-refractivity contribution in [2.24, 2.45) is 0 Å². The van der Waals surface area contributed by atoms with Gasteiger partial charge in [0.25, 0.3) is 0 Å². The summed E-state index contributed by atoms with van der Waals surface area (Å²) in [6, 6.07) is 3.78. The van der Waals surface area contributed by atoms with Crippen LogP contribution in [0.4, 0.5) is 10.8 Å². The summed E-state index contributed by atoms with van der Waals surface area (Å²) in [5.41, 5.74) is 2.59. The van der Waals surface area contributed by atoms with Gasteiger partial charge in [0.1, 0.15) is 11.5 Å². The first-order chi connectivity index (χ1) is 11.7. The molecule has 0 aliphatic rings. The van der Waals surface area contributed by atoms with E-state index in [0.717, 1.165) is 33.0 Å². The normalized spacial score (nSPS) is 10.8. The van der Waals surface area contributed by atoms with Crippen LogP contribution in [-0.4, -0.2) is 24.2 Å². The summed E-state index contributed by atoms with van der Waals surface area (Å²) in [4.78, 5) is 11.6. The minimum Gasteiger partial charge on any atom is -0.497 e. The standard InChI is InChI=1S/C16H17ClN4O2S/c1-9-8-24-16(20-9)21-12-6-18-13(7-19-17)15-11(12)4-10(22-2)5-14(15)23-3/h4-6,8,19H,7H2,1-3H3,(H,20,21). The number of hydrogen-bond acceptors (Lipinski definition) is 7. The zero-order chi connectivity index (χ0) is 17.1. The number of rotatable bonds is 6. The second-order valence-electron chi connectivity index (χ2n) is 5.10. The first kappa shape index (κ1) is 16.8. The van der Waals surface area contributed by atoms with Crippen LogP contribution in [0.2, 0.25) is 0 Å². The lowest BCUT2D eigenvalue weighted by Crippen LogP contribution is -2.05. The lowest BCUT2D eigenvalue weighted by Gasteiger charge is -2.15. The monoisotopic (exact) mass is 364 g/mol. The van der Waals surface area contributed by atoms with Crippen LogP contribution in [0.3, 0.4) is 0 Å². The van der Waals surface area contributed by atoms with Gasteiger partial charge in [0, 0.05) is 22.2 Å².